The fourth-order valence-corrected chi connectivity index (χ4v) is 2.82. The molecule has 0 bridgehead atoms. The van der Waals surface area contributed by atoms with E-state index in [1.165, 1.54) is 24.3 Å². The second-order valence-corrected chi connectivity index (χ2v) is 6.69. The van der Waals surface area contributed by atoms with Gasteiger partial charge in [-0.15, -0.1) is 0 Å². The molecule has 1 N–H and O–H groups in total. The zero-order chi connectivity index (χ0) is 22.2. The molecule has 3 aromatic rings. The van der Waals surface area contributed by atoms with Gasteiger partial charge in [0.1, 0.15) is 24.0 Å². The van der Waals surface area contributed by atoms with E-state index in [4.69, 9.17) is 4.74 Å². The number of nitriles is 1. The molecule has 7 heteroatoms. The van der Waals surface area contributed by atoms with Crippen LogP contribution in [0.25, 0.3) is 6.08 Å². The summed E-state index contributed by atoms with van der Waals surface area (Å²) >= 11 is 0. The lowest BCUT2D eigenvalue weighted by Gasteiger charge is -2.10. The Kier molecular flexibility index (Phi) is 6.76. The number of non-ortho nitro benzene ring substituents is 1. The Balaban J connectivity index is 1.82. The van der Waals surface area contributed by atoms with Crippen molar-refractivity contribution in [3.63, 3.8) is 0 Å². The minimum absolute atomic E-state index is 0.150. The van der Waals surface area contributed by atoms with Crippen LogP contribution in [-0.4, -0.2) is 10.8 Å². The highest BCUT2D eigenvalue weighted by atomic mass is 16.6. The highest BCUT2D eigenvalue weighted by molar-refractivity contribution is 6.10. The van der Waals surface area contributed by atoms with Crippen molar-refractivity contribution in [1.29, 1.82) is 5.26 Å². The van der Waals surface area contributed by atoms with E-state index in [0.29, 0.717) is 23.5 Å². The molecule has 0 saturated heterocycles. The molecule has 0 aromatic heterocycles. The van der Waals surface area contributed by atoms with Gasteiger partial charge in [-0.2, -0.15) is 5.26 Å². The number of nitro benzene ring substituents is 1. The van der Waals surface area contributed by atoms with Crippen molar-refractivity contribution in [2.75, 3.05) is 5.32 Å². The molecule has 154 valence electrons. The summed E-state index contributed by atoms with van der Waals surface area (Å²) in [6.45, 7) is 2.05. The van der Waals surface area contributed by atoms with Crippen molar-refractivity contribution >= 4 is 23.4 Å². The summed E-state index contributed by atoms with van der Waals surface area (Å²) in [6.07, 6.45) is 1.43. The number of para-hydroxylation sites is 1. The van der Waals surface area contributed by atoms with E-state index in [0.717, 1.165) is 5.56 Å². The standard InChI is InChI=1S/C24H19N3O4/c1-17-11-12-21(27(29)30)14-22(17)26-24(28)20(15-25)13-19-9-5-6-10-23(19)31-16-18-7-3-2-4-8-18/h2-14H,16H2,1H3,(H,26,28)/b20-13+. The van der Waals surface area contributed by atoms with E-state index in [-0.39, 0.29) is 16.9 Å². The molecule has 3 aromatic carbocycles. The van der Waals surface area contributed by atoms with Crippen LogP contribution < -0.4 is 10.1 Å². The summed E-state index contributed by atoms with van der Waals surface area (Å²) in [6, 6.07) is 22.7. The van der Waals surface area contributed by atoms with Crippen molar-refractivity contribution in [2.24, 2.45) is 0 Å². The van der Waals surface area contributed by atoms with Crippen LogP contribution >= 0.6 is 0 Å². The van der Waals surface area contributed by atoms with Gasteiger partial charge in [-0.25, -0.2) is 0 Å². The summed E-state index contributed by atoms with van der Waals surface area (Å²) in [5.41, 5.74) is 2.17. The molecule has 1 amide bonds. The smallest absolute Gasteiger partial charge is 0.271 e. The minimum atomic E-state index is -0.663. The third kappa shape index (κ3) is 5.55. The molecule has 0 atom stereocenters. The average molecular weight is 413 g/mol. The summed E-state index contributed by atoms with van der Waals surface area (Å²) in [5.74, 6) is -0.137. The topological polar surface area (TPSA) is 105 Å². The fraction of sp³-hybridized carbons (Fsp3) is 0.0833. The highest BCUT2D eigenvalue weighted by Gasteiger charge is 2.15. The molecule has 0 heterocycles. The third-order valence-corrected chi connectivity index (χ3v) is 4.50. The molecule has 0 saturated carbocycles. The molecule has 0 unspecified atom stereocenters. The van der Waals surface area contributed by atoms with Crippen LogP contribution in [0.2, 0.25) is 0 Å². The van der Waals surface area contributed by atoms with Gasteiger partial charge in [0, 0.05) is 17.7 Å². The normalized spacial score (nSPS) is 10.8. The Morgan fingerprint density at radius 2 is 1.84 bits per heavy atom. The summed E-state index contributed by atoms with van der Waals surface area (Å²) in [5, 5.41) is 23.1. The van der Waals surface area contributed by atoms with Gasteiger partial charge in [-0.3, -0.25) is 14.9 Å². The molecule has 3 rings (SSSR count). The molecule has 0 aliphatic carbocycles. The lowest BCUT2D eigenvalue weighted by atomic mass is 10.1. The van der Waals surface area contributed by atoms with Gasteiger partial charge in [0.05, 0.1) is 10.6 Å². The molecule has 7 nitrogen and oxygen atoms in total. The summed E-state index contributed by atoms with van der Waals surface area (Å²) in [7, 11) is 0. The Hall–Kier alpha value is -4.44. The van der Waals surface area contributed by atoms with E-state index in [1.54, 1.807) is 31.2 Å². The van der Waals surface area contributed by atoms with Gasteiger partial charge >= 0.3 is 0 Å². The number of aryl methyl sites for hydroxylation is 1. The predicted molar refractivity (Wildman–Crippen MR) is 117 cm³/mol. The van der Waals surface area contributed by atoms with Crippen molar-refractivity contribution in [2.45, 2.75) is 13.5 Å². The first-order valence-electron chi connectivity index (χ1n) is 9.42. The molecular weight excluding hydrogens is 394 g/mol. The number of nitro groups is 1. The highest BCUT2D eigenvalue weighted by Crippen LogP contribution is 2.25. The molecule has 0 aliphatic rings. The zero-order valence-electron chi connectivity index (χ0n) is 16.7. The van der Waals surface area contributed by atoms with Crippen LogP contribution in [0, 0.1) is 28.4 Å². The predicted octanol–water partition coefficient (Wildman–Crippen LogP) is 5.03. The van der Waals surface area contributed by atoms with Gasteiger partial charge in [0.25, 0.3) is 11.6 Å². The van der Waals surface area contributed by atoms with Crippen LogP contribution in [-0.2, 0) is 11.4 Å². The van der Waals surface area contributed by atoms with Crippen molar-refractivity contribution in [3.05, 3.63) is 105 Å². The van der Waals surface area contributed by atoms with E-state index >= 15 is 0 Å². The Bertz CT molecular complexity index is 1180. The Morgan fingerprint density at radius 1 is 1.13 bits per heavy atom. The van der Waals surface area contributed by atoms with Crippen LogP contribution in [0.1, 0.15) is 16.7 Å². The Morgan fingerprint density at radius 3 is 2.55 bits per heavy atom. The van der Waals surface area contributed by atoms with Gasteiger partial charge in [0.2, 0.25) is 0 Å². The summed E-state index contributed by atoms with van der Waals surface area (Å²) in [4.78, 5) is 23.1. The molecule has 0 aliphatic heterocycles. The van der Waals surface area contributed by atoms with E-state index in [9.17, 15) is 20.2 Å². The monoisotopic (exact) mass is 413 g/mol. The molecule has 0 spiro atoms. The van der Waals surface area contributed by atoms with Crippen LogP contribution in [0.4, 0.5) is 11.4 Å². The van der Waals surface area contributed by atoms with Crippen LogP contribution in [0.3, 0.4) is 0 Å². The number of benzene rings is 3. The van der Waals surface area contributed by atoms with Crippen molar-refractivity contribution in [3.8, 4) is 11.8 Å². The maximum Gasteiger partial charge on any atom is 0.271 e. The average Bonchev–Trinajstić information content (AvgIpc) is 2.78. The molecule has 0 radical (unpaired) electrons. The number of ether oxygens (including phenoxy) is 1. The maximum absolute atomic E-state index is 12.7. The van der Waals surface area contributed by atoms with Crippen molar-refractivity contribution in [1.82, 2.24) is 0 Å². The van der Waals surface area contributed by atoms with Crippen LogP contribution in [0.15, 0.2) is 78.4 Å². The number of nitrogens with one attached hydrogen (secondary N) is 1. The third-order valence-electron chi connectivity index (χ3n) is 4.50. The number of rotatable bonds is 7. The lowest BCUT2D eigenvalue weighted by molar-refractivity contribution is -0.384. The maximum atomic E-state index is 12.7. The summed E-state index contributed by atoms with van der Waals surface area (Å²) < 4.78 is 5.87. The second kappa shape index (κ2) is 9.85. The number of carbonyl (C=O) groups is 1. The van der Waals surface area contributed by atoms with Gasteiger partial charge in [-0.05, 0) is 30.2 Å². The van der Waals surface area contributed by atoms with Crippen molar-refractivity contribution < 1.29 is 14.5 Å². The second-order valence-electron chi connectivity index (χ2n) is 6.69. The first-order valence-corrected chi connectivity index (χ1v) is 9.42. The van der Waals surface area contributed by atoms with Gasteiger partial charge in [0.15, 0.2) is 0 Å². The molecule has 0 fully saturated rings. The largest absolute Gasteiger partial charge is 0.488 e. The van der Waals surface area contributed by atoms with E-state index < -0.39 is 10.8 Å². The van der Waals surface area contributed by atoms with E-state index in [2.05, 4.69) is 5.32 Å². The Labute approximate surface area is 179 Å². The quantitative estimate of drug-likeness (QED) is 0.253. The first kappa shape index (κ1) is 21.3. The number of nitrogens with zero attached hydrogens (tertiary/aromatic N) is 2. The SMILES string of the molecule is Cc1ccc([N+](=O)[O-])cc1NC(=O)/C(C#N)=C/c1ccccc1OCc1ccccc1. The van der Waals surface area contributed by atoms with E-state index in [1.807, 2.05) is 36.4 Å². The number of anilines is 1. The number of hydrogen-bond donors (Lipinski definition) is 1. The molecular formula is C24H19N3O4. The van der Waals surface area contributed by atoms with Gasteiger partial charge < -0.3 is 10.1 Å². The fourth-order valence-electron chi connectivity index (χ4n) is 2.82. The molecule has 31 heavy (non-hydrogen) atoms. The first-order chi connectivity index (χ1) is 15.0. The minimum Gasteiger partial charge on any atom is -0.488 e. The number of hydrogen-bond acceptors (Lipinski definition) is 5. The zero-order valence-corrected chi connectivity index (χ0v) is 16.7. The van der Waals surface area contributed by atoms with Gasteiger partial charge in [-0.1, -0.05) is 54.6 Å². The number of amides is 1. The van der Waals surface area contributed by atoms with Crippen LogP contribution in [0.5, 0.6) is 5.75 Å². The number of carbonyl (C=O) groups excluding carboxylic acids is 1. The lowest BCUT2D eigenvalue weighted by Crippen LogP contribution is -2.14.